The van der Waals surface area contributed by atoms with Crippen LogP contribution in [-0.4, -0.2) is 4.98 Å². The Morgan fingerprint density at radius 2 is 2.22 bits per heavy atom. The van der Waals surface area contributed by atoms with Crippen LogP contribution in [0.4, 0.5) is 11.4 Å². The van der Waals surface area contributed by atoms with Gasteiger partial charge >= 0.3 is 0 Å². The first-order valence-electron chi connectivity index (χ1n) is 5.51. The third kappa shape index (κ3) is 2.44. The fraction of sp³-hybridized carbons (Fsp3) is 0.231. The van der Waals surface area contributed by atoms with Gasteiger partial charge in [0.05, 0.1) is 11.1 Å². The molecular weight excluding hydrogens is 244 g/mol. The first-order valence-corrected chi connectivity index (χ1v) is 6.38. The molecule has 0 aliphatic rings. The molecule has 2 rings (SSSR count). The molecule has 18 heavy (non-hydrogen) atoms. The summed E-state index contributed by atoms with van der Waals surface area (Å²) in [5.74, 6) is 0. The molecule has 0 radical (unpaired) electrons. The summed E-state index contributed by atoms with van der Waals surface area (Å²) in [5.41, 5.74) is 7.26. The largest absolute Gasteiger partial charge is 0.398 e. The van der Waals surface area contributed by atoms with Crippen LogP contribution in [0.5, 0.6) is 0 Å². The highest BCUT2D eigenvalue weighted by atomic mass is 32.1. The molecule has 0 amide bonds. The van der Waals surface area contributed by atoms with Crippen LogP contribution in [0.1, 0.15) is 24.4 Å². The maximum Gasteiger partial charge on any atom is 0.117 e. The molecule has 2 aromatic rings. The molecule has 1 aromatic heterocycles. The highest BCUT2D eigenvalue weighted by Crippen LogP contribution is 2.28. The highest BCUT2D eigenvalue weighted by Gasteiger charge is 2.23. The maximum atomic E-state index is 8.96. The molecule has 0 aliphatic carbocycles. The number of thiazole rings is 1. The van der Waals surface area contributed by atoms with Crippen LogP contribution in [0, 0.1) is 11.3 Å². The Balaban J connectivity index is 2.27. The minimum absolute atomic E-state index is 0.281. The molecule has 0 aliphatic heterocycles. The fourth-order valence-corrected chi connectivity index (χ4v) is 2.40. The number of nitriles is 1. The summed E-state index contributed by atoms with van der Waals surface area (Å²) in [6.45, 7) is 4.10. The van der Waals surface area contributed by atoms with E-state index in [1.807, 2.05) is 25.3 Å². The molecule has 0 spiro atoms. The van der Waals surface area contributed by atoms with Gasteiger partial charge in [0.25, 0.3) is 0 Å². The number of hydrogen-bond donors (Lipinski definition) is 2. The van der Waals surface area contributed by atoms with E-state index in [4.69, 9.17) is 11.0 Å². The van der Waals surface area contributed by atoms with Crippen molar-refractivity contribution in [3.05, 3.63) is 40.3 Å². The SMILES string of the molecule is CC(C)(Nc1ccc(N)c(C#N)c1)c1nccs1. The summed E-state index contributed by atoms with van der Waals surface area (Å²) in [6.07, 6.45) is 1.78. The van der Waals surface area contributed by atoms with Crippen LogP contribution in [0.3, 0.4) is 0 Å². The Morgan fingerprint density at radius 3 is 2.83 bits per heavy atom. The van der Waals surface area contributed by atoms with Crippen LogP contribution in [-0.2, 0) is 5.54 Å². The summed E-state index contributed by atoms with van der Waals surface area (Å²) in [6, 6.07) is 7.43. The van der Waals surface area contributed by atoms with Crippen LogP contribution in [0.2, 0.25) is 0 Å². The van der Waals surface area contributed by atoms with Crippen molar-refractivity contribution in [3.8, 4) is 6.07 Å². The van der Waals surface area contributed by atoms with Crippen molar-refractivity contribution in [1.82, 2.24) is 4.98 Å². The summed E-state index contributed by atoms with van der Waals surface area (Å²) < 4.78 is 0. The molecule has 0 fully saturated rings. The number of hydrogen-bond acceptors (Lipinski definition) is 5. The molecule has 1 heterocycles. The van der Waals surface area contributed by atoms with Gasteiger partial charge in [-0.25, -0.2) is 4.98 Å². The second-order valence-corrected chi connectivity index (χ2v) is 5.40. The molecule has 1 aromatic carbocycles. The highest BCUT2D eigenvalue weighted by molar-refractivity contribution is 7.09. The smallest absolute Gasteiger partial charge is 0.117 e. The number of aromatic nitrogens is 1. The second-order valence-electron chi connectivity index (χ2n) is 4.50. The van der Waals surface area contributed by atoms with Crippen molar-refractivity contribution in [2.45, 2.75) is 19.4 Å². The molecule has 0 saturated heterocycles. The van der Waals surface area contributed by atoms with E-state index >= 15 is 0 Å². The van der Waals surface area contributed by atoms with Gasteiger partial charge in [-0.1, -0.05) is 0 Å². The second kappa shape index (κ2) is 4.67. The Labute approximate surface area is 110 Å². The number of nitrogens with zero attached hydrogens (tertiary/aromatic N) is 2. The summed E-state index contributed by atoms with van der Waals surface area (Å²) in [4.78, 5) is 4.31. The summed E-state index contributed by atoms with van der Waals surface area (Å²) in [7, 11) is 0. The van der Waals surface area contributed by atoms with Crippen LogP contribution in [0.25, 0.3) is 0 Å². The molecule has 92 valence electrons. The predicted octanol–water partition coefficient (Wildman–Crippen LogP) is 2.94. The monoisotopic (exact) mass is 258 g/mol. The molecule has 3 N–H and O–H groups in total. The van der Waals surface area contributed by atoms with E-state index in [9.17, 15) is 0 Å². The fourth-order valence-electron chi connectivity index (χ4n) is 1.68. The van der Waals surface area contributed by atoms with Crippen molar-refractivity contribution in [3.63, 3.8) is 0 Å². The number of nitrogen functional groups attached to an aromatic ring is 1. The number of nitrogens with two attached hydrogens (primary N) is 1. The topological polar surface area (TPSA) is 74.7 Å². The van der Waals surface area contributed by atoms with Crippen molar-refractivity contribution < 1.29 is 0 Å². The molecule has 0 unspecified atom stereocenters. The number of nitrogens with one attached hydrogen (secondary N) is 1. The zero-order chi connectivity index (χ0) is 13.2. The van der Waals surface area contributed by atoms with E-state index in [0.29, 0.717) is 11.3 Å². The Morgan fingerprint density at radius 1 is 1.44 bits per heavy atom. The average Bonchev–Trinajstić information content (AvgIpc) is 2.85. The molecule has 0 bridgehead atoms. The lowest BCUT2D eigenvalue weighted by Crippen LogP contribution is -2.27. The predicted molar refractivity (Wildman–Crippen MR) is 74.3 cm³/mol. The van der Waals surface area contributed by atoms with Gasteiger partial charge in [0.15, 0.2) is 0 Å². The van der Waals surface area contributed by atoms with Crippen LogP contribution in [0.15, 0.2) is 29.8 Å². The van der Waals surface area contributed by atoms with Crippen LogP contribution >= 0.6 is 11.3 Å². The van der Waals surface area contributed by atoms with E-state index in [2.05, 4.69) is 16.4 Å². The Bertz CT molecular complexity index is 582. The zero-order valence-electron chi connectivity index (χ0n) is 10.3. The standard InChI is InChI=1S/C13H14N4S/c1-13(2,12-16-5-6-18-12)17-10-3-4-11(15)9(7-10)8-14/h3-7,17H,15H2,1-2H3. The van der Waals surface area contributed by atoms with Gasteiger partial charge in [0, 0.05) is 23.0 Å². The van der Waals surface area contributed by atoms with Gasteiger partial charge in [-0.05, 0) is 32.0 Å². The van der Waals surface area contributed by atoms with Crippen molar-refractivity contribution in [1.29, 1.82) is 5.26 Å². The number of rotatable bonds is 3. The van der Waals surface area contributed by atoms with E-state index in [1.165, 1.54) is 0 Å². The summed E-state index contributed by atoms with van der Waals surface area (Å²) >= 11 is 1.60. The van der Waals surface area contributed by atoms with Gasteiger partial charge in [0.2, 0.25) is 0 Å². The average molecular weight is 258 g/mol. The molecular formula is C13H14N4S. The van der Waals surface area contributed by atoms with E-state index in [0.717, 1.165) is 10.7 Å². The third-order valence-corrected chi connectivity index (χ3v) is 3.69. The molecule has 0 atom stereocenters. The maximum absolute atomic E-state index is 8.96. The third-order valence-electron chi connectivity index (χ3n) is 2.60. The molecule has 0 saturated carbocycles. The lowest BCUT2D eigenvalue weighted by molar-refractivity contribution is 0.604. The van der Waals surface area contributed by atoms with Gasteiger partial charge in [-0.2, -0.15) is 5.26 Å². The van der Waals surface area contributed by atoms with Gasteiger partial charge in [0.1, 0.15) is 11.1 Å². The minimum Gasteiger partial charge on any atom is -0.398 e. The van der Waals surface area contributed by atoms with Crippen molar-refractivity contribution in [2.24, 2.45) is 0 Å². The quantitative estimate of drug-likeness (QED) is 0.830. The number of benzene rings is 1. The Hall–Kier alpha value is -2.06. The minimum atomic E-state index is -0.281. The summed E-state index contributed by atoms with van der Waals surface area (Å²) in [5, 5.41) is 15.3. The van der Waals surface area contributed by atoms with E-state index in [1.54, 1.807) is 29.7 Å². The van der Waals surface area contributed by atoms with Gasteiger partial charge in [-0.15, -0.1) is 11.3 Å². The first kappa shape index (κ1) is 12.4. The van der Waals surface area contributed by atoms with Crippen molar-refractivity contribution in [2.75, 3.05) is 11.1 Å². The first-order chi connectivity index (χ1) is 8.53. The molecule has 4 nitrogen and oxygen atoms in total. The van der Waals surface area contributed by atoms with Crippen LogP contribution < -0.4 is 11.1 Å². The molecule has 5 heteroatoms. The van der Waals surface area contributed by atoms with Gasteiger partial charge < -0.3 is 11.1 Å². The lowest BCUT2D eigenvalue weighted by Gasteiger charge is -2.25. The van der Waals surface area contributed by atoms with Crippen molar-refractivity contribution >= 4 is 22.7 Å². The Kier molecular flexibility index (Phi) is 3.21. The van der Waals surface area contributed by atoms with E-state index in [-0.39, 0.29) is 5.54 Å². The van der Waals surface area contributed by atoms with Gasteiger partial charge in [-0.3, -0.25) is 0 Å². The normalized spacial score (nSPS) is 10.9. The number of anilines is 2. The van der Waals surface area contributed by atoms with E-state index < -0.39 is 0 Å². The zero-order valence-corrected chi connectivity index (χ0v) is 11.1. The lowest BCUT2D eigenvalue weighted by atomic mass is 10.1.